The van der Waals surface area contributed by atoms with Crippen LogP contribution in [-0.4, -0.2) is 46.7 Å². The van der Waals surface area contributed by atoms with Crippen LogP contribution in [0.2, 0.25) is 0 Å². The van der Waals surface area contributed by atoms with Crippen LogP contribution in [0.4, 0.5) is 17.6 Å². The number of hydrogen-bond acceptors (Lipinski definition) is 5. The summed E-state index contributed by atoms with van der Waals surface area (Å²) in [6, 6.07) is 7.30. The first-order valence-corrected chi connectivity index (χ1v) is 12.1. The zero-order valence-corrected chi connectivity index (χ0v) is 20.3. The molecule has 196 valence electrons. The Morgan fingerprint density at radius 2 is 1.83 bits per heavy atom. The molecule has 2 N–H and O–H groups in total. The maximum atomic E-state index is 14.4. The summed E-state index contributed by atoms with van der Waals surface area (Å²) in [5.74, 6) is -0.0377. The molecule has 2 aliphatic heterocycles. The summed E-state index contributed by atoms with van der Waals surface area (Å²) in [5.41, 5.74) is -1.19. The van der Waals surface area contributed by atoms with Crippen molar-refractivity contribution in [3.05, 3.63) is 64.5 Å². The van der Waals surface area contributed by atoms with E-state index in [0.29, 0.717) is 43.5 Å². The van der Waals surface area contributed by atoms with E-state index in [9.17, 15) is 32.6 Å². The van der Waals surface area contributed by atoms with Crippen molar-refractivity contribution in [2.75, 3.05) is 19.7 Å². The smallest absolute Gasteiger partial charge is 0.416 e. The Balaban J connectivity index is 1.48. The molecular formula is C27H31F4NO4. The lowest BCUT2D eigenvalue weighted by Crippen LogP contribution is -2.50. The lowest BCUT2D eigenvalue weighted by Gasteiger charge is -2.46. The van der Waals surface area contributed by atoms with E-state index >= 15 is 0 Å². The highest BCUT2D eigenvalue weighted by Gasteiger charge is 2.42. The van der Waals surface area contributed by atoms with Gasteiger partial charge in [-0.3, -0.25) is 4.90 Å². The van der Waals surface area contributed by atoms with Gasteiger partial charge in [-0.25, -0.2) is 4.39 Å². The van der Waals surface area contributed by atoms with E-state index in [-0.39, 0.29) is 5.56 Å². The quantitative estimate of drug-likeness (QED) is 0.424. The SMILES string of the molecule is CC(c1cc(C(F)(F)F)ccc1F)N1CCC2(CCc3ccc([C@H](O)[C@](C)(C=O)CO)cc3O2)CC1. The summed E-state index contributed by atoms with van der Waals surface area (Å²) in [5, 5.41) is 20.3. The van der Waals surface area contributed by atoms with E-state index in [0.717, 1.165) is 36.6 Å². The van der Waals surface area contributed by atoms with Crippen molar-refractivity contribution in [3.8, 4) is 5.75 Å². The first-order valence-electron chi connectivity index (χ1n) is 12.1. The molecule has 1 fully saturated rings. The van der Waals surface area contributed by atoms with Crippen molar-refractivity contribution < 1.29 is 37.3 Å². The summed E-state index contributed by atoms with van der Waals surface area (Å²) in [4.78, 5) is 13.4. The zero-order chi connectivity index (χ0) is 26.3. The summed E-state index contributed by atoms with van der Waals surface area (Å²) >= 11 is 0. The number of ether oxygens (including phenoxy) is 1. The Kier molecular flexibility index (Phi) is 7.20. The third kappa shape index (κ3) is 5.01. The molecule has 0 bridgehead atoms. The van der Waals surface area contributed by atoms with Gasteiger partial charge in [0.2, 0.25) is 0 Å². The molecule has 0 amide bonds. The number of benzene rings is 2. The van der Waals surface area contributed by atoms with Crippen molar-refractivity contribution in [1.29, 1.82) is 0 Å². The van der Waals surface area contributed by atoms with Crippen LogP contribution >= 0.6 is 0 Å². The number of alkyl halides is 3. The van der Waals surface area contributed by atoms with E-state index in [1.54, 1.807) is 19.1 Å². The van der Waals surface area contributed by atoms with Crippen LogP contribution in [0.1, 0.15) is 67.5 Å². The fourth-order valence-corrected chi connectivity index (χ4v) is 5.17. The van der Waals surface area contributed by atoms with Gasteiger partial charge in [0.1, 0.15) is 23.5 Å². The Morgan fingerprint density at radius 3 is 2.44 bits per heavy atom. The van der Waals surface area contributed by atoms with Gasteiger partial charge in [-0.2, -0.15) is 13.2 Å². The van der Waals surface area contributed by atoms with Gasteiger partial charge in [-0.1, -0.05) is 12.1 Å². The highest BCUT2D eigenvalue weighted by molar-refractivity contribution is 5.61. The number of carbonyl (C=O) groups excluding carboxylic acids is 1. The Bertz CT molecular complexity index is 1110. The molecular weight excluding hydrogens is 478 g/mol. The number of aliphatic hydroxyl groups is 2. The second-order valence-corrected chi connectivity index (χ2v) is 10.3. The molecule has 2 aromatic carbocycles. The first kappa shape index (κ1) is 26.6. The molecule has 0 radical (unpaired) electrons. The van der Waals surface area contributed by atoms with Crippen LogP contribution < -0.4 is 4.74 Å². The Hall–Kier alpha value is -2.49. The van der Waals surface area contributed by atoms with Crippen LogP contribution in [0.15, 0.2) is 36.4 Å². The predicted octanol–water partition coefficient (Wildman–Crippen LogP) is 5.00. The minimum absolute atomic E-state index is 0.0245. The largest absolute Gasteiger partial charge is 0.487 e. The molecule has 2 aromatic rings. The second kappa shape index (κ2) is 9.76. The second-order valence-electron chi connectivity index (χ2n) is 10.3. The lowest BCUT2D eigenvalue weighted by molar-refractivity contribution is -0.137. The van der Waals surface area contributed by atoms with Gasteiger partial charge in [0, 0.05) is 24.7 Å². The number of fused-ring (bicyclic) bond motifs is 1. The maximum absolute atomic E-state index is 14.4. The topological polar surface area (TPSA) is 70.0 Å². The molecule has 9 heteroatoms. The first-order chi connectivity index (χ1) is 16.9. The minimum Gasteiger partial charge on any atom is -0.487 e. The molecule has 36 heavy (non-hydrogen) atoms. The number of likely N-dealkylation sites (tertiary alicyclic amines) is 1. The number of aryl methyl sites for hydroxylation is 1. The van der Waals surface area contributed by atoms with Crippen molar-refractivity contribution >= 4 is 6.29 Å². The Morgan fingerprint density at radius 1 is 1.14 bits per heavy atom. The molecule has 1 saturated heterocycles. The number of carbonyl (C=O) groups is 1. The molecule has 2 aliphatic rings. The number of rotatable bonds is 6. The number of nitrogens with zero attached hydrogens (tertiary/aromatic N) is 1. The summed E-state index contributed by atoms with van der Waals surface area (Å²) in [6.07, 6.45) is -2.43. The molecule has 2 heterocycles. The third-order valence-corrected chi connectivity index (χ3v) is 7.85. The van der Waals surface area contributed by atoms with Crippen molar-refractivity contribution in [1.82, 2.24) is 4.90 Å². The zero-order valence-electron chi connectivity index (χ0n) is 20.3. The van der Waals surface area contributed by atoms with Crippen LogP contribution in [0.3, 0.4) is 0 Å². The van der Waals surface area contributed by atoms with E-state index < -0.39 is 47.3 Å². The third-order valence-electron chi connectivity index (χ3n) is 7.85. The monoisotopic (exact) mass is 509 g/mol. The maximum Gasteiger partial charge on any atom is 0.416 e. The van der Waals surface area contributed by atoms with Gasteiger partial charge in [-0.05, 0) is 74.9 Å². The van der Waals surface area contributed by atoms with E-state index in [4.69, 9.17) is 4.74 Å². The van der Waals surface area contributed by atoms with Gasteiger partial charge in [0.15, 0.2) is 0 Å². The van der Waals surface area contributed by atoms with Gasteiger partial charge in [0.05, 0.1) is 23.7 Å². The van der Waals surface area contributed by atoms with Gasteiger partial charge in [-0.15, -0.1) is 0 Å². The van der Waals surface area contributed by atoms with Crippen molar-refractivity contribution in [2.24, 2.45) is 5.41 Å². The van der Waals surface area contributed by atoms with Crippen LogP contribution in [-0.2, 0) is 17.4 Å². The van der Waals surface area contributed by atoms with Gasteiger partial charge in [0.25, 0.3) is 0 Å². The van der Waals surface area contributed by atoms with Crippen molar-refractivity contribution in [3.63, 3.8) is 0 Å². The molecule has 0 saturated carbocycles. The van der Waals surface area contributed by atoms with E-state index in [2.05, 4.69) is 0 Å². The average molecular weight is 510 g/mol. The minimum atomic E-state index is -4.54. The normalized spacial score (nSPS) is 21.2. The summed E-state index contributed by atoms with van der Waals surface area (Å²) in [6.45, 7) is 3.76. The molecule has 0 aliphatic carbocycles. The van der Waals surface area contributed by atoms with Crippen molar-refractivity contribution in [2.45, 2.75) is 63.5 Å². The Labute approximate surface area is 207 Å². The number of aliphatic hydroxyl groups excluding tert-OH is 2. The number of hydrogen-bond donors (Lipinski definition) is 2. The summed E-state index contributed by atoms with van der Waals surface area (Å²) in [7, 11) is 0. The summed E-state index contributed by atoms with van der Waals surface area (Å²) < 4.78 is 60.3. The highest BCUT2D eigenvalue weighted by atomic mass is 19.4. The number of piperidine rings is 1. The van der Waals surface area contributed by atoms with E-state index in [1.807, 2.05) is 11.0 Å². The fourth-order valence-electron chi connectivity index (χ4n) is 5.17. The molecule has 1 unspecified atom stereocenters. The van der Waals surface area contributed by atoms with Gasteiger partial charge < -0.3 is 19.7 Å². The number of aldehydes is 1. The van der Waals surface area contributed by atoms with Crippen LogP contribution in [0.25, 0.3) is 0 Å². The van der Waals surface area contributed by atoms with E-state index in [1.165, 1.54) is 6.92 Å². The molecule has 1 spiro atoms. The molecule has 4 rings (SSSR count). The van der Waals surface area contributed by atoms with Gasteiger partial charge >= 0.3 is 6.18 Å². The molecule has 5 nitrogen and oxygen atoms in total. The molecule has 0 aromatic heterocycles. The molecule has 3 atom stereocenters. The average Bonchev–Trinajstić information content (AvgIpc) is 2.87. The standard InChI is InChI=1S/C27H31F4NO4/c1-17(21-14-20(27(29,30)31)5-6-22(21)28)32-11-9-26(10-12-32)8-7-18-3-4-19(13-23(18)36-26)24(35)25(2,15-33)16-34/h3-6,13-15,17,24,34-35H,7-12,16H2,1-2H3/t17?,24-,25+/m0/s1. The number of halogens is 4. The lowest BCUT2D eigenvalue weighted by atomic mass is 9.80. The fraction of sp³-hybridized carbons (Fsp3) is 0.519. The van der Waals surface area contributed by atoms with Crippen LogP contribution in [0, 0.1) is 11.2 Å². The predicted molar refractivity (Wildman–Crippen MR) is 125 cm³/mol. The highest BCUT2D eigenvalue weighted by Crippen LogP contribution is 2.43. The van der Waals surface area contributed by atoms with Crippen LogP contribution in [0.5, 0.6) is 5.75 Å².